The maximum Gasteiger partial charge on any atom is 0.241 e. The van der Waals surface area contributed by atoms with Crippen molar-refractivity contribution in [2.45, 2.75) is 0 Å². The van der Waals surface area contributed by atoms with Crippen molar-refractivity contribution in [3.05, 3.63) is 41.5 Å². The highest BCUT2D eigenvalue weighted by atomic mass is 16.1. The fourth-order valence-electron chi connectivity index (χ4n) is 0.916. The number of benzene rings is 1. The molecule has 0 spiro atoms. The first-order chi connectivity index (χ1) is 6.24. The zero-order chi connectivity index (χ0) is 9.68. The lowest BCUT2D eigenvalue weighted by Gasteiger charge is -1.94. The summed E-state index contributed by atoms with van der Waals surface area (Å²) in [6.07, 6.45) is 2.76. The van der Waals surface area contributed by atoms with Gasteiger partial charge in [0.2, 0.25) is 5.91 Å². The molecule has 3 nitrogen and oxygen atoms in total. The molecule has 13 heavy (non-hydrogen) atoms. The Kier molecular flexibility index (Phi) is 2.82. The molecule has 0 fully saturated rings. The summed E-state index contributed by atoms with van der Waals surface area (Å²) in [6, 6.07) is 9.00. The van der Waals surface area contributed by atoms with Crippen LogP contribution >= 0.6 is 0 Å². The van der Waals surface area contributed by atoms with E-state index in [1.54, 1.807) is 24.3 Å². The Labute approximate surface area is 76.1 Å². The zero-order valence-electron chi connectivity index (χ0n) is 6.90. The first-order valence-electron chi connectivity index (χ1n) is 3.70. The van der Waals surface area contributed by atoms with E-state index in [9.17, 15) is 4.79 Å². The molecule has 3 heteroatoms. The minimum absolute atomic E-state index is 0.521. The molecule has 0 atom stereocenters. The monoisotopic (exact) mass is 172 g/mol. The zero-order valence-corrected chi connectivity index (χ0v) is 6.90. The van der Waals surface area contributed by atoms with Crippen LogP contribution in [0, 0.1) is 11.3 Å². The minimum Gasteiger partial charge on any atom is -0.366 e. The maximum atomic E-state index is 10.4. The molecule has 0 aliphatic carbocycles. The predicted octanol–water partition coefficient (Wildman–Crippen LogP) is 1.06. The first kappa shape index (κ1) is 9.01. The maximum absolute atomic E-state index is 10.4. The molecule has 0 bridgehead atoms. The predicted molar refractivity (Wildman–Crippen MR) is 49.4 cm³/mol. The summed E-state index contributed by atoms with van der Waals surface area (Å²) in [6.45, 7) is 0. The Morgan fingerprint density at radius 3 is 2.77 bits per heavy atom. The summed E-state index contributed by atoms with van der Waals surface area (Å²) in [5.74, 6) is -0.521. The smallest absolute Gasteiger partial charge is 0.241 e. The van der Waals surface area contributed by atoms with E-state index < -0.39 is 5.91 Å². The van der Waals surface area contributed by atoms with Gasteiger partial charge in [0.1, 0.15) is 0 Å². The minimum atomic E-state index is -0.521. The lowest BCUT2D eigenvalue weighted by molar-refractivity contribution is -0.113. The highest BCUT2D eigenvalue weighted by Crippen LogP contribution is 2.08. The van der Waals surface area contributed by atoms with E-state index in [0.29, 0.717) is 11.1 Å². The molecular formula is C10H8N2O. The molecule has 0 unspecified atom stereocenters. The SMILES string of the molecule is N#Cc1ccccc1C=CC(N)=O. The van der Waals surface area contributed by atoms with E-state index in [0.717, 1.165) is 0 Å². The highest BCUT2D eigenvalue weighted by molar-refractivity contribution is 5.90. The van der Waals surface area contributed by atoms with Crippen molar-refractivity contribution in [2.75, 3.05) is 0 Å². The summed E-state index contributed by atoms with van der Waals surface area (Å²) in [7, 11) is 0. The number of nitrogens with two attached hydrogens (primary N) is 1. The van der Waals surface area contributed by atoms with Crippen molar-refractivity contribution >= 4 is 12.0 Å². The number of rotatable bonds is 2. The van der Waals surface area contributed by atoms with E-state index in [2.05, 4.69) is 0 Å². The second-order valence-electron chi connectivity index (χ2n) is 2.43. The fraction of sp³-hybridized carbons (Fsp3) is 0. The van der Waals surface area contributed by atoms with E-state index in [1.807, 2.05) is 6.07 Å². The van der Waals surface area contributed by atoms with Gasteiger partial charge in [-0.25, -0.2) is 0 Å². The van der Waals surface area contributed by atoms with Gasteiger partial charge in [-0.15, -0.1) is 0 Å². The van der Waals surface area contributed by atoms with Crippen LogP contribution in [0.5, 0.6) is 0 Å². The van der Waals surface area contributed by atoms with Gasteiger partial charge in [-0.1, -0.05) is 18.2 Å². The number of amides is 1. The second kappa shape index (κ2) is 4.07. The Hall–Kier alpha value is -2.08. The quantitative estimate of drug-likeness (QED) is 0.677. The van der Waals surface area contributed by atoms with Gasteiger partial charge in [0.25, 0.3) is 0 Å². The number of hydrogen-bond acceptors (Lipinski definition) is 2. The summed E-state index contributed by atoms with van der Waals surface area (Å²) in [5.41, 5.74) is 6.15. The number of carbonyl (C=O) groups excluding carboxylic acids is 1. The Morgan fingerprint density at radius 2 is 2.15 bits per heavy atom. The number of nitrogens with zero attached hydrogens (tertiary/aromatic N) is 1. The summed E-state index contributed by atoms with van der Waals surface area (Å²) in [4.78, 5) is 10.4. The topological polar surface area (TPSA) is 66.9 Å². The van der Waals surface area contributed by atoms with Gasteiger partial charge in [-0.2, -0.15) is 5.26 Å². The molecule has 1 rings (SSSR count). The molecule has 0 saturated heterocycles. The standard InChI is InChI=1S/C10H8N2O/c11-7-9-4-2-1-3-8(9)5-6-10(12)13/h1-6H,(H2,12,13). The van der Waals surface area contributed by atoms with Crippen LogP contribution in [-0.2, 0) is 4.79 Å². The van der Waals surface area contributed by atoms with Crippen molar-refractivity contribution in [3.8, 4) is 6.07 Å². The summed E-state index contributed by atoms with van der Waals surface area (Å²) in [5, 5.41) is 8.68. The Bertz CT molecular complexity index is 388. The molecular weight excluding hydrogens is 164 g/mol. The second-order valence-corrected chi connectivity index (χ2v) is 2.43. The van der Waals surface area contributed by atoms with Gasteiger partial charge < -0.3 is 5.73 Å². The lowest BCUT2D eigenvalue weighted by atomic mass is 10.1. The molecule has 0 saturated carbocycles. The van der Waals surface area contributed by atoms with E-state index in [-0.39, 0.29) is 0 Å². The molecule has 0 aliphatic heterocycles. The molecule has 1 amide bonds. The molecule has 1 aromatic rings. The Balaban J connectivity index is 3.02. The third kappa shape index (κ3) is 2.46. The van der Waals surface area contributed by atoms with Crippen LogP contribution in [0.15, 0.2) is 30.3 Å². The molecule has 0 heterocycles. The number of primary amides is 1. The summed E-state index contributed by atoms with van der Waals surface area (Å²) >= 11 is 0. The first-order valence-corrected chi connectivity index (χ1v) is 3.70. The average molecular weight is 172 g/mol. The van der Waals surface area contributed by atoms with Crippen molar-refractivity contribution in [1.29, 1.82) is 5.26 Å². The molecule has 0 radical (unpaired) electrons. The largest absolute Gasteiger partial charge is 0.366 e. The lowest BCUT2D eigenvalue weighted by Crippen LogP contribution is -2.05. The van der Waals surface area contributed by atoms with Crippen LogP contribution in [0.1, 0.15) is 11.1 Å². The molecule has 0 aliphatic rings. The van der Waals surface area contributed by atoms with Crippen LogP contribution in [0.4, 0.5) is 0 Å². The van der Waals surface area contributed by atoms with Gasteiger partial charge in [0.05, 0.1) is 11.6 Å². The number of nitriles is 1. The average Bonchev–Trinajstić information content (AvgIpc) is 2.15. The summed E-state index contributed by atoms with van der Waals surface area (Å²) < 4.78 is 0. The number of carbonyl (C=O) groups is 1. The third-order valence-electron chi connectivity index (χ3n) is 1.51. The van der Waals surface area contributed by atoms with Crippen molar-refractivity contribution in [1.82, 2.24) is 0 Å². The molecule has 0 aromatic heterocycles. The van der Waals surface area contributed by atoms with Crippen LogP contribution in [0.3, 0.4) is 0 Å². The highest BCUT2D eigenvalue weighted by Gasteiger charge is 1.95. The molecule has 2 N–H and O–H groups in total. The van der Waals surface area contributed by atoms with Crippen molar-refractivity contribution < 1.29 is 4.79 Å². The van der Waals surface area contributed by atoms with Crippen LogP contribution in [-0.4, -0.2) is 5.91 Å². The van der Waals surface area contributed by atoms with Gasteiger partial charge in [-0.3, -0.25) is 4.79 Å². The van der Waals surface area contributed by atoms with Gasteiger partial charge in [-0.05, 0) is 17.7 Å². The van der Waals surface area contributed by atoms with E-state index in [4.69, 9.17) is 11.0 Å². The Morgan fingerprint density at radius 1 is 1.46 bits per heavy atom. The molecule has 64 valence electrons. The van der Waals surface area contributed by atoms with Crippen LogP contribution in [0.25, 0.3) is 6.08 Å². The number of hydrogen-bond donors (Lipinski definition) is 1. The van der Waals surface area contributed by atoms with E-state index >= 15 is 0 Å². The van der Waals surface area contributed by atoms with Gasteiger partial charge in [0.15, 0.2) is 0 Å². The van der Waals surface area contributed by atoms with Crippen molar-refractivity contribution in [2.24, 2.45) is 5.73 Å². The van der Waals surface area contributed by atoms with E-state index in [1.165, 1.54) is 12.2 Å². The van der Waals surface area contributed by atoms with Crippen LogP contribution in [0.2, 0.25) is 0 Å². The third-order valence-corrected chi connectivity index (χ3v) is 1.51. The van der Waals surface area contributed by atoms with Crippen LogP contribution < -0.4 is 5.73 Å². The molecule has 1 aromatic carbocycles. The van der Waals surface area contributed by atoms with Gasteiger partial charge >= 0.3 is 0 Å². The van der Waals surface area contributed by atoms with Gasteiger partial charge in [0, 0.05) is 6.08 Å². The fourth-order valence-corrected chi connectivity index (χ4v) is 0.916. The van der Waals surface area contributed by atoms with Crippen molar-refractivity contribution in [3.63, 3.8) is 0 Å². The normalized spacial score (nSPS) is 9.77.